The molecule has 150 valence electrons. The summed E-state index contributed by atoms with van der Waals surface area (Å²) in [6.07, 6.45) is 10.5. The molecule has 1 fully saturated rings. The molecule has 0 amide bonds. The van der Waals surface area contributed by atoms with Crippen molar-refractivity contribution in [3.63, 3.8) is 0 Å². The molecular weight excluding hydrogens is 336 g/mol. The van der Waals surface area contributed by atoms with Crippen LogP contribution in [-0.4, -0.2) is 51.0 Å². The van der Waals surface area contributed by atoms with Crippen molar-refractivity contribution >= 4 is 5.97 Å². The SMILES string of the molecule is CCCCCC(O)C=CC1OC(O)CC(O)C1CC=CCCCC(=O)O. The second-order valence-corrected chi connectivity index (χ2v) is 6.96. The third kappa shape index (κ3) is 9.48. The van der Waals surface area contributed by atoms with Crippen molar-refractivity contribution in [3.05, 3.63) is 24.3 Å². The quantitative estimate of drug-likeness (QED) is 0.311. The lowest BCUT2D eigenvalue weighted by Crippen LogP contribution is -2.43. The van der Waals surface area contributed by atoms with E-state index < -0.39 is 30.6 Å². The van der Waals surface area contributed by atoms with Crippen molar-refractivity contribution < 1.29 is 30.0 Å². The van der Waals surface area contributed by atoms with Gasteiger partial charge in [-0.05, 0) is 25.7 Å². The Balaban J connectivity index is 2.52. The minimum Gasteiger partial charge on any atom is -0.481 e. The Morgan fingerprint density at radius 2 is 2.00 bits per heavy atom. The van der Waals surface area contributed by atoms with E-state index in [-0.39, 0.29) is 18.8 Å². The number of aliphatic hydroxyl groups excluding tert-OH is 3. The van der Waals surface area contributed by atoms with Crippen LogP contribution in [0.1, 0.15) is 64.7 Å². The van der Waals surface area contributed by atoms with Crippen LogP contribution in [-0.2, 0) is 9.53 Å². The molecule has 1 heterocycles. The third-order valence-electron chi connectivity index (χ3n) is 4.64. The summed E-state index contributed by atoms with van der Waals surface area (Å²) >= 11 is 0. The number of aliphatic hydroxyl groups is 3. The monoisotopic (exact) mass is 370 g/mol. The Kier molecular flexibility index (Phi) is 11.4. The fourth-order valence-corrected chi connectivity index (χ4v) is 3.10. The van der Waals surface area contributed by atoms with Crippen LogP contribution in [0.2, 0.25) is 0 Å². The predicted octanol–water partition coefficient (Wildman–Crippen LogP) is 2.77. The smallest absolute Gasteiger partial charge is 0.303 e. The number of ether oxygens (including phenoxy) is 1. The molecule has 1 aliphatic rings. The summed E-state index contributed by atoms with van der Waals surface area (Å²) in [5.74, 6) is -1.00. The molecule has 0 bridgehead atoms. The zero-order valence-electron chi connectivity index (χ0n) is 15.7. The first kappa shape index (κ1) is 22.8. The van der Waals surface area contributed by atoms with Gasteiger partial charge in [-0.15, -0.1) is 0 Å². The summed E-state index contributed by atoms with van der Waals surface area (Å²) < 4.78 is 5.54. The molecule has 4 N–H and O–H groups in total. The van der Waals surface area contributed by atoms with E-state index in [1.165, 1.54) is 0 Å². The summed E-state index contributed by atoms with van der Waals surface area (Å²) in [5, 5.41) is 38.7. The van der Waals surface area contributed by atoms with Crippen LogP contribution in [0.3, 0.4) is 0 Å². The Bertz CT molecular complexity index is 448. The highest BCUT2D eigenvalue weighted by Gasteiger charge is 2.35. The van der Waals surface area contributed by atoms with Gasteiger partial charge in [0.2, 0.25) is 0 Å². The second-order valence-electron chi connectivity index (χ2n) is 6.96. The van der Waals surface area contributed by atoms with Gasteiger partial charge >= 0.3 is 5.97 Å². The van der Waals surface area contributed by atoms with E-state index in [0.29, 0.717) is 25.7 Å². The molecule has 6 heteroatoms. The fourth-order valence-electron chi connectivity index (χ4n) is 3.10. The second kappa shape index (κ2) is 13.0. The molecule has 1 rings (SSSR count). The summed E-state index contributed by atoms with van der Waals surface area (Å²) in [6.45, 7) is 2.11. The number of carbonyl (C=O) groups is 1. The molecule has 0 aromatic rings. The largest absolute Gasteiger partial charge is 0.481 e. The highest BCUT2D eigenvalue weighted by atomic mass is 16.6. The van der Waals surface area contributed by atoms with Gasteiger partial charge in [-0.25, -0.2) is 0 Å². The lowest BCUT2D eigenvalue weighted by atomic mass is 9.87. The summed E-state index contributed by atoms with van der Waals surface area (Å²) in [6, 6.07) is 0. The number of hydrogen-bond donors (Lipinski definition) is 4. The van der Waals surface area contributed by atoms with Gasteiger partial charge in [0.1, 0.15) is 0 Å². The average Bonchev–Trinajstić information content (AvgIpc) is 2.57. The van der Waals surface area contributed by atoms with Crippen LogP contribution in [0, 0.1) is 5.92 Å². The Morgan fingerprint density at radius 3 is 2.69 bits per heavy atom. The van der Waals surface area contributed by atoms with Crippen molar-refractivity contribution in [2.45, 2.75) is 89.3 Å². The summed E-state index contributed by atoms with van der Waals surface area (Å²) in [4.78, 5) is 10.5. The van der Waals surface area contributed by atoms with E-state index in [1.54, 1.807) is 12.2 Å². The lowest BCUT2D eigenvalue weighted by Gasteiger charge is -2.36. The van der Waals surface area contributed by atoms with Crippen LogP contribution in [0.25, 0.3) is 0 Å². The number of rotatable bonds is 12. The predicted molar refractivity (Wildman–Crippen MR) is 99.5 cm³/mol. The van der Waals surface area contributed by atoms with Crippen LogP contribution in [0.4, 0.5) is 0 Å². The van der Waals surface area contributed by atoms with Crippen LogP contribution in [0.15, 0.2) is 24.3 Å². The lowest BCUT2D eigenvalue weighted by molar-refractivity contribution is -0.199. The number of carboxylic acid groups (broad SMARTS) is 1. The van der Waals surface area contributed by atoms with E-state index in [2.05, 4.69) is 6.92 Å². The van der Waals surface area contributed by atoms with Gasteiger partial charge in [0, 0.05) is 18.8 Å². The molecule has 0 aromatic heterocycles. The molecule has 0 spiro atoms. The normalized spacial score (nSPS) is 28.0. The number of hydrogen-bond acceptors (Lipinski definition) is 5. The summed E-state index contributed by atoms with van der Waals surface area (Å²) in [7, 11) is 0. The first-order valence-corrected chi connectivity index (χ1v) is 9.68. The molecule has 5 unspecified atom stereocenters. The third-order valence-corrected chi connectivity index (χ3v) is 4.64. The topological polar surface area (TPSA) is 107 Å². The number of aliphatic carboxylic acids is 1. The van der Waals surface area contributed by atoms with E-state index in [4.69, 9.17) is 9.84 Å². The number of unbranched alkanes of at least 4 members (excludes halogenated alkanes) is 3. The van der Waals surface area contributed by atoms with Crippen molar-refractivity contribution in [3.8, 4) is 0 Å². The van der Waals surface area contributed by atoms with Crippen LogP contribution in [0.5, 0.6) is 0 Å². The molecule has 6 nitrogen and oxygen atoms in total. The van der Waals surface area contributed by atoms with Crippen molar-refractivity contribution in [1.29, 1.82) is 0 Å². The van der Waals surface area contributed by atoms with Gasteiger partial charge in [-0.2, -0.15) is 0 Å². The first-order chi connectivity index (χ1) is 12.4. The summed E-state index contributed by atoms with van der Waals surface area (Å²) in [5.41, 5.74) is 0. The number of carboxylic acids is 1. The Labute approximate surface area is 156 Å². The van der Waals surface area contributed by atoms with Gasteiger partial charge < -0.3 is 25.2 Å². The van der Waals surface area contributed by atoms with Crippen LogP contribution >= 0.6 is 0 Å². The maximum atomic E-state index is 10.5. The molecule has 1 aliphatic heterocycles. The molecule has 5 atom stereocenters. The molecule has 0 aromatic carbocycles. The number of allylic oxidation sites excluding steroid dienone is 2. The minimum atomic E-state index is -1.01. The molecule has 26 heavy (non-hydrogen) atoms. The van der Waals surface area contributed by atoms with Crippen molar-refractivity contribution in [2.24, 2.45) is 5.92 Å². The average molecular weight is 370 g/mol. The molecule has 0 saturated carbocycles. The molecular formula is C20H34O6. The first-order valence-electron chi connectivity index (χ1n) is 9.68. The van der Waals surface area contributed by atoms with E-state index in [0.717, 1.165) is 19.3 Å². The zero-order valence-corrected chi connectivity index (χ0v) is 15.7. The molecule has 1 saturated heterocycles. The van der Waals surface area contributed by atoms with Crippen LogP contribution < -0.4 is 0 Å². The van der Waals surface area contributed by atoms with Gasteiger partial charge in [0.25, 0.3) is 0 Å². The van der Waals surface area contributed by atoms with Crippen molar-refractivity contribution in [1.82, 2.24) is 0 Å². The minimum absolute atomic E-state index is 0.146. The Hall–Kier alpha value is -1.21. The Morgan fingerprint density at radius 1 is 1.23 bits per heavy atom. The maximum Gasteiger partial charge on any atom is 0.303 e. The van der Waals surface area contributed by atoms with E-state index >= 15 is 0 Å². The van der Waals surface area contributed by atoms with Gasteiger partial charge in [-0.1, -0.05) is 50.5 Å². The highest BCUT2D eigenvalue weighted by Crippen LogP contribution is 2.29. The zero-order chi connectivity index (χ0) is 19.4. The highest BCUT2D eigenvalue weighted by molar-refractivity contribution is 5.66. The van der Waals surface area contributed by atoms with E-state index in [1.807, 2.05) is 12.2 Å². The van der Waals surface area contributed by atoms with E-state index in [9.17, 15) is 20.1 Å². The standard InChI is InChI=1S/C20H34O6/c1-2-3-6-9-15(21)12-13-18-16(17(22)14-20(25)26-18)10-7-4-5-8-11-19(23)24/h4,7,12-13,15-18,20-22,25H,2-3,5-6,8-11,14H2,1H3,(H,23,24). The fraction of sp³-hybridized carbons (Fsp3) is 0.750. The molecule has 0 aliphatic carbocycles. The van der Waals surface area contributed by atoms with Gasteiger partial charge in [0.15, 0.2) is 6.29 Å². The maximum absolute atomic E-state index is 10.5. The van der Waals surface area contributed by atoms with Gasteiger partial charge in [0.05, 0.1) is 18.3 Å². The van der Waals surface area contributed by atoms with Crippen molar-refractivity contribution in [2.75, 3.05) is 0 Å². The van der Waals surface area contributed by atoms with Gasteiger partial charge in [-0.3, -0.25) is 4.79 Å². The molecule has 0 radical (unpaired) electrons.